The van der Waals surface area contributed by atoms with Gasteiger partial charge in [0.25, 0.3) is 0 Å². The van der Waals surface area contributed by atoms with Crippen molar-refractivity contribution in [1.29, 1.82) is 0 Å². The molecule has 6 nitrogen and oxygen atoms in total. The Balaban J connectivity index is 4.82. The van der Waals surface area contributed by atoms with Gasteiger partial charge in [-0.15, -0.1) is 0 Å². The van der Waals surface area contributed by atoms with Crippen LogP contribution >= 0.6 is 0 Å². The van der Waals surface area contributed by atoms with Crippen molar-refractivity contribution in [3.05, 3.63) is 10.1 Å². The fraction of sp³-hybridized carbons (Fsp3) is 0.800. The monoisotopic (exact) mass is 231 g/mol. The Morgan fingerprint density at radius 3 is 2.19 bits per heavy atom. The van der Waals surface area contributed by atoms with Crippen molar-refractivity contribution in [2.24, 2.45) is 5.41 Å². The highest BCUT2D eigenvalue weighted by molar-refractivity contribution is 5.79. The van der Waals surface area contributed by atoms with Gasteiger partial charge in [0.2, 0.25) is 6.54 Å². The maximum atomic E-state index is 11.7. The van der Waals surface area contributed by atoms with Crippen LogP contribution in [0.1, 0.15) is 34.1 Å². The molecule has 0 heterocycles. The molecule has 0 aliphatic rings. The average molecular weight is 231 g/mol. The number of nitro groups is 1. The maximum absolute atomic E-state index is 11.7. The third kappa shape index (κ3) is 4.86. The Labute approximate surface area is 94.1 Å². The van der Waals surface area contributed by atoms with Gasteiger partial charge in [-0.3, -0.25) is 14.9 Å². The summed E-state index contributed by atoms with van der Waals surface area (Å²) in [4.78, 5) is 32.0. The van der Waals surface area contributed by atoms with E-state index < -0.39 is 28.5 Å². The van der Waals surface area contributed by atoms with Crippen LogP contribution in [0.3, 0.4) is 0 Å². The van der Waals surface area contributed by atoms with Crippen LogP contribution in [0.25, 0.3) is 0 Å². The van der Waals surface area contributed by atoms with E-state index in [1.54, 1.807) is 20.8 Å². The Morgan fingerprint density at radius 2 is 1.88 bits per heavy atom. The largest absolute Gasteiger partial charge is 0.459 e. The van der Waals surface area contributed by atoms with Crippen LogP contribution in [0.15, 0.2) is 0 Å². The standard InChI is InChI=1S/C10H17NO5/c1-9(2,3)16-8(13)10(4,5-6-12)7-11(14)15/h6H,5,7H2,1-4H3/t10-/m1/s1. The van der Waals surface area contributed by atoms with Gasteiger partial charge < -0.3 is 9.53 Å². The van der Waals surface area contributed by atoms with Crippen molar-refractivity contribution >= 4 is 12.3 Å². The van der Waals surface area contributed by atoms with Crippen LogP contribution < -0.4 is 0 Å². The molecule has 0 saturated heterocycles. The van der Waals surface area contributed by atoms with Gasteiger partial charge in [0.05, 0.1) is 0 Å². The summed E-state index contributed by atoms with van der Waals surface area (Å²) in [6.07, 6.45) is 0.274. The molecule has 6 heteroatoms. The van der Waals surface area contributed by atoms with Crippen molar-refractivity contribution in [2.45, 2.75) is 39.7 Å². The molecule has 0 amide bonds. The zero-order valence-electron chi connectivity index (χ0n) is 9.98. The summed E-state index contributed by atoms with van der Waals surface area (Å²) in [6.45, 7) is 5.74. The first kappa shape index (κ1) is 14.5. The normalized spacial score (nSPS) is 15.0. The topological polar surface area (TPSA) is 86.5 Å². The van der Waals surface area contributed by atoms with Crippen LogP contribution in [0.2, 0.25) is 0 Å². The zero-order chi connectivity index (χ0) is 13.0. The van der Waals surface area contributed by atoms with Crippen molar-refractivity contribution < 1.29 is 19.2 Å². The molecule has 0 aromatic rings. The number of esters is 1. The predicted octanol–water partition coefficient (Wildman–Crippen LogP) is 1.20. The number of carbonyl (C=O) groups excluding carboxylic acids is 2. The minimum Gasteiger partial charge on any atom is -0.459 e. The SMILES string of the molecule is CC(C)(C)OC(=O)[C@](C)(CC=O)C[N+](=O)[O-]. The van der Waals surface area contributed by atoms with E-state index in [1.165, 1.54) is 6.92 Å². The van der Waals surface area contributed by atoms with Crippen molar-refractivity contribution in [3.63, 3.8) is 0 Å². The zero-order valence-corrected chi connectivity index (χ0v) is 9.98. The summed E-state index contributed by atoms with van der Waals surface area (Å²) in [6, 6.07) is 0. The number of aldehydes is 1. The lowest BCUT2D eigenvalue weighted by Gasteiger charge is -2.27. The minimum absolute atomic E-state index is 0.219. The van der Waals surface area contributed by atoms with Gasteiger partial charge in [-0.1, -0.05) is 0 Å². The number of hydrogen-bond donors (Lipinski definition) is 0. The molecule has 0 unspecified atom stereocenters. The molecule has 0 aliphatic carbocycles. The van der Waals surface area contributed by atoms with Crippen LogP contribution in [0, 0.1) is 15.5 Å². The van der Waals surface area contributed by atoms with Gasteiger partial charge in [-0.25, -0.2) is 0 Å². The Kier molecular flexibility index (Phi) is 4.59. The van der Waals surface area contributed by atoms with E-state index in [0.29, 0.717) is 6.29 Å². The molecule has 0 aromatic heterocycles. The third-order valence-electron chi connectivity index (χ3n) is 1.90. The van der Waals surface area contributed by atoms with Gasteiger partial charge in [0.1, 0.15) is 17.3 Å². The molecule has 16 heavy (non-hydrogen) atoms. The van der Waals surface area contributed by atoms with Crippen LogP contribution in [0.5, 0.6) is 0 Å². The van der Waals surface area contributed by atoms with E-state index in [0.717, 1.165) is 0 Å². The van der Waals surface area contributed by atoms with E-state index >= 15 is 0 Å². The summed E-state index contributed by atoms with van der Waals surface area (Å²) in [5.74, 6) is -0.719. The lowest BCUT2D eigenvalue weighted by molar-refractivity contribution is -0.493. The average Bonchev–Trinajstić information content (AvgIpc) is 1.99. The third-order valence-corrected chi connectivity index (χ3v) is 1.90. The Hall–Kier alpha value is -1.46. The van der Waals surface area contributed by atoms with Crippen LogP contribution in [-0.4, -0.2) is 29.3 Å². The molecule has 92 valence electrons. The second-order valence-electron chi connectivity index (χ2n) is 4.92. The number of ether oxygens (including phenoxy) is 1. The van der Waals surface area contributed by atoms with E-state index in [2.05, 4.69) is 0 Å². The molecule has 0 aliphatic heterocycles. The molecule has 0 bridgehead atoms. The fourth-order valence-corrected chi connectivity index (χ4v) is 1.08. The molecule has 0 rings (SSSR count). The lowest BCUT2D eigenvalue weighted by Crippen LogP contribution is -2.40. The van der Waals surface area contributed by atoms with Gasteiger partial charge in [0, 0.05) is 11.3 Å². The summed E-state index contributed by atoms with van der Waals surface area (Å²) >= 11 is 0. The first-order valence-electron chi connectivity index (χ1n) is 4.89. The summed E-state index contributed by atoms with van der Waals surface area (Å²) < 4.78 is 5.05. The summed E-state index contributed by atoms with van der Waals surface area (Å²) in [5, 5.41) is 10.4. The molecule has 1 atom stereocenters. The van der Waals surface area contributed by atoms with Gasteiger partial charge in [-0.2, -0.15) is 0 Å². The van der Waals surface area contributed by atoms with Crippen molar-refractivity contribution in [1.82, 2.24) is 0 Å². The quantitative estimate of drug-likeness (QED) is 0.307. The van der Waals surface area contributed by atoms with Crippen molar-refractivity contribution in [2.75, 3.05) is 6.54 Å². The van der Waals surface area contributed by atoms with E-state index in [-0.39, 0.29) is 6.42 Å². The molecular formula is C10H17NO5. The smallest absolute Gasteiger partial charge is 0.319 e. The van der Waals surface area contributed by atoms with Gasteiger partial charge in [0.15, 0.2) is 0 Å². The molecule has 0 aromatic carbocycles. The Bertz CT molecular complexity index is 294. The molecule has 0 spiro atoms. The molecule has 0 saturated carbocycles. The second-order valence-corrected chi connectivity index (χ2v) is 4.92. The Morgan fingerprint density at radius 1 is 1.38 bits per heavy atom. The number of hydrogen-bond acceptors (Lipinski definition) is 5. The molecular weight excluding hydrogens is 214 g/mol. The number of rotatable bonds is 5. The molecule has 0 radical (unpaired) electrons. The molecule has 0 fully saturated rings. The first-order valence-corrected chi connectivity index (χ1v) is 4.89. The fourth-order valence-electron chi connectivity index (χ4n) is 1.08. The predicted molar refractivity (Wildman–Crippen MR) is 56.5 cm³/mol. The van der Waals surface area contributed by atoms with Crippen LogP contribution in [-0.2, 0) is 14.3 Å². The summed E-state index contributed by atoms with van der Waals surface area (Å²) in [5.41, 5.74) is -2.11. The van der Waals surface area contributed by atoms with Gasteiger partial charge >= 0.3 is 5.97 Å². The minimum atomic E-state index is -1.39. The van der Waals surface area contributed by atoms with E-state index in [9.17, 15) is 19.7 Å². The second kappa shape index (κ2) is 5.05. The van der Waals surface area contributed by atoms with E-state index in [1.807, 2.05) is 0 Å². The number of carbonyl (C=O) groups is 2. The van der Waals surface area contributed by atoms with Crippen LogP contribution in [0.4, 0.5) is 0 Å². The van der Waals surface area contributed by atoms with Gasteiger partial charge in [-0.05, 0) is 27.7 Å². The highest BCUT2D eigenvalue weighted by Gasteiger charge is 2.41. The summed E-state index contributed by atoms with van der Waals surface area (Å²) in [7, 11) is 0. The number of nitrogens with zero attached hydrogens (tertiary/aromatic N) is 1. The van der Waals surface area contributed by atoms with E-state index in [4.69, 9.17) is 4.74 Å². The molecule has 0 N–H and O–H groups in total. The lowest BCUT2D eigenvalue weighted by atomic mass is 9.87. The van der Waals surface area contributed by atoms with Crippen molar-refractivity contribution in [3.8, 4) is 0 Å². The highest BCUT2D eigenvalue weighted by Crippen LogP contribution is 2.25. The highest BCUT2D eigenvalue weighted by atomic mass is 16.6. The first-order chi connectivity index (χ1) is 7.10. The maximum Gasteiger partial charge on any atom is 0.319 e.